The highest BCUT2D eigenvalue weighted by Gasteiger charge is 2.46. The van der Waals surface area contributed by atoms with Gasteiger partial charge >= 0.3 is 0 Å². The number of fused-ring (bicyclic) bond motifs is 2. The van der Waals surface area contributed by atoms with Gasteiger partial charge in [0.25, 0.3) is 0 Å². The van der Waals surface area contributed by atoms with Crippen LogP contribution in [-0.4, -0.2) is 37.6 Å². The smallest absolute Gasteiger partial charge is 0.227 e. The number of nitrogens with zero attached hydrogens (tertiary/aromatic N) is 3. The first-order chi connectivity index (χ1) is 20.5. The van der Waals surface area contributed by atoms with Gasteiger partial charge in [-0.2, -0.15) is 0 Å². The molecule has 2 aliphatic rings. The van der Waals surface area contributed by atoms with Crippen molar-refractivity contribution in [1.82, 2.24) is 0 Å². The molecule has 0 spiro atoms. The van der Waals surface area contributed by atoms with E-state index in [9.17, 15) is 9.59 Å². The monoisotopic (exact) mass is 565 g/mol. The first-order valence-corrected chi connectivity index (χ1v) is 15.5. The highest BCUT2D eigenvalue weighted by Crippen LogP contribution is 2.48. The highest BCUT2D eigenvalue weighted by molar-refractivity contribution is 6.13. The van der Waals surface area contributed by atoms with Crippen molar-refractivity contribution in [3.8, 4) is 5.75 Å². The van der Waals surface area contributed by atoms with Gasteiger partial charge in [-0.3, -0.25) is 14.6 Å². The minimum Gasteiger partial charge on any atom is -0.497 e. The summed E-state index contributed by atoms with van der Waals surface area (Å²) in [6, 6.07) is 23.9. The molecule has 5 rings (SSSR count). The number of aliphatic imine (C=N–C) groups is 1. The van der Waals surface area contributed by atoms with Crippen molar-refractivity contribution in [3.63, 3.8) is 0 Å². The van der Waals surface area contributed by atoms with E-state index in [4.69, 9.17) is 9.73 Å². The standard InChI is InChI=1S/C36H43N3O3/c1-5-8-9-14-34(41)39-32-13-11-10-12-30(32)37-31-23-27(25-17-21-29(42-4)22-18-25)24-33(40)35(31)36(39)26-15-19-28(20-16-26)38(6-2)7-3/h10-13,15-22,27,35-36H,5-9,14,23-24H2,1-4H3. The van der Waals surface area contributed by atoms with Crippen LogP contribution < -0.4 is 14.5 Å². The molecule has 3 unspecified atom stereocenters. The molecule has 42 heavy (non-hydrogen) atoms. The minimum absolute atomic E-state index is 0.0306. The van der Waals surface area contributed by atoms with Crippen molar-refractivity contribution in [2.24, 2.45) is 10.9 Å². The van der Waals surface area contributed by atoms with Gasteiger partial charge in [0.15, 0.2) is 0 Å². The molecule has 0 radical (unpaired) electrons. The van der Waals surface area contributed by atoms with E-state index in [1.807, 2.05) is 41.3 Å². The molecule has 220 valence electrons. The van der Waals surface area contributed by atoms with Gasteiger partial charge in [-0.15, -0.1) is 0 Å². The number of carbonyl (C=O) groups excluding carboxylic acids is 2. The number of hydrogen-bond donors (Lipinski definition) is 0. The molecule has 3 aromatic carbocycles. The van der Waals surface area contributed by atoms with Crippen LogP contribution in [0, 0.1) is 5.92 Å². The number of benzene rings is 3. The number of para-hydroxylation sites is 2. The maximum absolute atomic E-state index is 14.3. The lowest BCUT2D eigenvalue weighted by atomic mass is 9.72. The van der Waals surface area contributed by atoms with Crippen LogP contribution >= 0.6 is 0 Å². The molecule has 0 N–H and O–H groups in total. The summed E-state index contributed by atoms with van der Waals surface area (Å²) >= 11 is 0. The fourth-order valence-electron chi connectivity index (χ4n) is 6.56. The average molecular weight is 566 g/mol. The summed E-state index contributed by atoms with van der Waals surface area (Å²) < 4.78 is 5.36. The van der Waals surface area contributed by atoms with Crippen LogP contribution in [0.5, 0.6) is 5.75 Å². The molecular weight excluding hydrogens is 522 g/mol. The fraction of sp³-hybridized carbons (Fsp3) is 0.417. The molecule has 0 saturated heterocycles. The second-order valence-electron chi connectivity index (χ2n) is 11.3. The van der Waals surface area contributed by atoms with E-state index in [0.29, 0.717) is 19.3 Å². The number of rotatable bonds is 10. The maximum atomic E-state index is 14.3. The quantitative estimate of drug-likeness (QED) is 0.233. The van der Waals surface area contributed by atoms with Crippen molar-refractivity contribution >= 4 is 34.5 Å². The largest absolute Gasteiger partial charge is 0.497 e. The van der Waals surface area contributed by atoms with Gasteiger partial charge < -0.3 is 14.5 Å². The van der Waals surface area contributed by atoms with Gasteiger partial charge in [0.2, 0.25) is 5.91 Å². The third-order valence-corrected chi connectivity index (χ3v) is 8.82. The SMILES string of the molecule is CCCCCC(=O)N1c2ccccc2N=C2CC(c3ccc(OC)cc3)CC(=O)C2C1c1ccc(N(CC)CC)cc1. The molecule has 1 amide bonds. The molecule has 1 aliphatic heterocycles. The third-order valence-electron chi connectivity index (χ3n) is 8.82. The zero-order chi connectivity index (χ0) is 29.6. The summed E-state index contributed by atoms with van der Waals surface area (Å²) in [6.45, 7) is 8.28. The molecule has 0 aromatic heterocycles. The number of methoxy groups -OCH3 is 1. The molecule has 1 fully saturated rings. The van der Waals surface area contributed by atoms with Crippen LogP contribution in [-0.2, 0) is 9.59 Å². The Morgan fingerprint density at radius 3 is 2.26 bits per heavy atom. The highest BCUT2D eigenvalue weighted by atomic mass is 16.5. The Kier molecular flexibility index (Phi) is 9.41. The average Bonchev–Trinajstić information content (AvgIpc) is 3.17. The van der Waals surface area contributed by atoms with Crippen molar-refractivity contribution in [3.05, 3.63) is 83.9 Å². The summed E-state index contributed by atoms with van der Waals surface area (Å²) in [6.07, 6.45) is 4.40. The second kappa shape index (κ2) is 13.4. The molecule has 0 bridgehead atoms. The van der Waals surface area contributed by atoms with Gasteiger partial charge in [-0.05, 0) is 80.1 Å². The number of ketones is 1. The van der Waals surface area contributed by atoms with E-state index in [1.165, 1.54) is 0 Å². The third kappa shape index (κ3) is 5.99. The Morgan fingerprint density at radius 2 is 1.60 bits per heavy atom. The zero-order valence-electron chi connectivity index (χ0n) is 25.4. The van der Waals surface area contributed by atoms with Crippen molar-refractivity contribution in [1.29, 1.82) is 0 Å². The lowest BCUT2D eigenvalue weighted by molar-refractivity contribution is -0.123. The molecule has 1 saturated carbocycles. The summed E-state index contributed by atoms with van der Waals surface area (Å²) in [7, 11) is 1.66. The molecule has 1 aliphatic carbocycles. The number of carbonyl (C=O) groups is 2. The molecule has 6 nitrogen and oxygen atoms in total. The van der Waals surface area contributed by atoms with Crippen LogP contribution in [0.15, 0.2) is 77.8 Å². The summed E-state index contributed by atoms with van der Waals surface area (Å²) in [5.74, 6) is 0.516. The normalized spacial score (nSPS) is 19.8. The predicted molar refractivity (Wildman–Crippen MR) is 171 cm³/mol. The number of hydrogen-bond acceptors (Lipinski definition) is 5. The van der Waals surface area contributed by atoms with Crippen LogP contribution in [0.3, 0.4) is 0 Å². The van der Waals surface area contributed by atoms with Crippen LogP contribution in [0.25, 0.3) is 0 Å². The van der Waals surface area contributed by atoms with Gasteiger partial charge in [0.05, 0.1) is 30.4 Å². The van der Waals surface area contributed by atoms with E-state index >= 15 is 0 Å². The topological polar surface area (TPSA) is 62.2 Å². The Hall–Kier alpha value is -3.93. The van der Waals surface area contributed by atoms with E-state index in [0.717, 1.165) is 72.0 Å². The Bertz CT molecular complexity index is 1410. The first-order valence-electron chi connectivity index (χ1n) is 15.5. The maximum Gasteiger partial charge on any atom is 0.227 e. The Morgan fingerprint density at radius 1 is 0.905 bits per heavy atom. The molecule has 6 heteroatoms. The van der Waals surface area contributed by atoms with Crippen molar-refractivity contribution in [2.45, 2.75) is 71.3 Å². The fourth-order valence-corrected chi connectivity index (χ4v) is 6.56. The predicted octanol–water partition coefficient (Wildman–Crippen LogP) is 8.05. The van der Waals surface area contributed by atoms with Crippen molar-refractivity contribution in [2.75, 3.05) is 30.0 Å². The van der Waals surface area contributed by atoms with E-state index in [1.54, 1.807) is 7.11 Å². The lowest BCUT2D eigenvalue weighted by Gasteiger charge is -2.39. The molecule has 3 aromatic rings. The molecule has 1 heterocycles. The van der Waals surface area contributed by atoms with E-state index in [-0.39, 0.29) is 17.6 Å². The van der Waals surface area contributed by atoms with Crippen molar-refractivity contribution < 1.29 is 14.3 Å². The summed E-state index contributed by atoms with van der Waals surface area (Å²) in [4.78, 5) is 37.8. The lowest BCUT2D eigenvalue weighted by Crippen LogP contribution is -2.45. The van der Waals surface area contributed by atoms with Gasteiger partial charge in [0, 0.05) is 37.3 Å². The molecular formula is C36H43N3O3. The zero-order valence-corrected chi connectivity index (χ0v) is 25.4. The summed E-state index contributed by atoms with van der Waals surface area (Å²) in [5.41, 5.74) is 5.62. The van der Waals surface area contributed by atoms with E-state index < -0.39 is 12.0 Å². The summed E-state index contributed by atoms with van der Waals surface area (Å²) in [5, 5.41) is 0. The molecule has 3 atom stereocenters. The van der Waals surface area contributed by atoms with Crippen LogP contribution in [0.4, 0.5) is 17.1 Å². The van der Waals surface area contributed by atoms with Crippen LogP contribution in [0.1, 0.15) is 82.4 Å². The minimum atomic E-state index is -0.499. The van der Waals surface area contributed by atoms with Gasteiger partial charge in [-0.25, -0.2) is 0 Å². The number of unbranched alkanes of at least 4 members (excludes halogenated alkanes) is 2. The first kappa shape index (κ1) is 29.6. The number of ether oxygens (including phenoxy) is 1. The Labute approximate surface area is 250 Å². The Balaban J connectivity index is 1.60. The van der Waals surface area contributed by atoms with Gasteiger partial charge in [0.1, 0.15) is 11.5 Å². The second-order valence-corrected chi connectivity index (χ2v) is 11.3. The number of anilines is 2. The van der Waals surface area contributed by atoms with Gasteiger partial charge in [-0.1, -0.05) is 56.2 Å². The van der Waals surface area contributed by atoms with Crippen LogP contribution in [0.2, 0.25) is 0 Å². The van der Waals surface area contributed by atoms with E-state index in [2.05, 4.69) is 62.1 Å². The number of amides is 1. The number of Topliss-reactive ketones (excluding diaryl/α,β-unsaturated/α-hetero) is 1.